The van der Waals surface area contributed by atoms with Gasteiger partial charge in [0.05, 0.1) is 6.61 Å². The molecule has 1 aliphatic heterocycles. The fraction of sp³-hybridized carbons (Fsp3) is 0.500. The number of carbonyl (C=O) groups excluding carboxylic acids is 1. The lowest BCUT2D eigenvalue weighted by Gasteiger charge is -2.26. The molecule has 0 amide bonds. The van der Waals surface area contributed by atoms with Crippen LogP contribution in [0.5, 0.6) is 5.75 Å². The Hall–Kier alpha value is -2.29. The summed E-state index contributed by atoms with van der Waals surface area (Å²) in [5.41, 5.74) is 3.14. The molecule has 1 aromatic carbocycles. The van der Waals surface area contributed by atoms with E-state index in [0.717, 1.165) is 28.9 Å². The van der Waals surface area contributed by atoms with Gasteiger partial charge in [0.15, 0.2) is 0 Å². The fourth-order valence-electron chi connectivity index (χ4n) is 3.51. The topological polar surface area (TPSA) is 35.5 Å². The number of esters is 1. The third kappa shape index (κ3) is 8.31. The van der Waals surface area contributed by atoms with Crippen molar-refractivity contribution in [2.45, 2.75) is 78.2 Å². The predicted octanol–water partition coefficient (Wildman–Crippen LogP) is 7.04. The first kappa shape index (κ1) is 23.0. The third-order valence-corrected chi connectivity index (χ3v) is 5.12. The predicted molar refractivity (Wildman–Crippen MR) is 121 cm³/mol. The number of unbranched alkanes of at least 4 members (excludes halogenated alkanes) is 6. The van der Waals surface area contributed by atoms with E-state index in [1.54, 1.807) is 0 Å². The van der Waals surface area contributed by atoms with E-state index in [4.69, 9.17) is 9.47 Å². The minimum Gasteiger partial charge on any atom is -0.485 e. The molecule has 0 N–H and O–H groups in total. The van der Waals surface area contributed by atoms with Gasteiger partial charge in [-0.1, -0.05) is 75.8 Å². The first-order valence-corrected chi connectivity index (χ1v) is 11.1. The van der Waals surface area contributed by atoms with Crippen LogP contribution in [0.2, 0.25) is 0 Å². The highest BCUT2D eigenvalue weighted by atomic mass is 16.5. The molecule has 0 spiro atoms. The number of ether oxygens (including phenoxy) is 2. The average Bonchev–Trinajstić information content (AvgIpc) is 2.71. The van der Waals surface area contributed by atoms with Crippen molar-refractivity contribution < 1.29 is 14.3 Å². The number of carbonyl (C=O) groups is 1. The highest BCUT2D eigenvalue weighted by molar-refractivity contribution is 5.83. The number of hydrogen-bond acceptors (Lipinski definition) is 3. The van der Waals surface area contributed by atoms with E-state index < -0.39 is 0 Å². The van der Waals surface area contributed by atoms with Gasteiger partial charge in [-0.3, -0.25) is 0 Å². The molecule has 0 saturated heterocycles. The summed E-state index contributed by atoms with van der Waals surface area (Å²) in [5, 5.41) is 0. The molecular weight excluding hydrogens is 360 g/mol. The van der Waals surface area contributed by atoms with Crippen LogP contribution in [0.25, 0.3) is 6.08 Å². The molecule has 29 heavy (non-hydrogen) atoms. The average molecular weight is 397 g/mol. The summed E-state index contributed by atoms with van der Waals surface area (Å²) in [6.07, 6.45) is 17.9. The monoisotopic (exact) mass is 396 g/mol. The van der Waals surface area contributed by atoms with Gasteiger partial charge in [0, 0.05) is 11.6 Å². The second-order valence-corrected chi connectivity index (χ2v) is 7.67. The lowest BCUT2D eigenvalue weighted by Crippen LogP contribution is -2.21. The maximum Gasteiger partial charge on any atom is 0.330 e. The minimum atomic E-state index is -0.298. The largest absolute Gasteiger partial charge is 0.485 e. The molecule has 1 aromatic rings. The molecule has 0 saturated carbocycles. The van der Waals surface area contributed by atoms with Gasteiger partial charge < -0.3 is 9.47 Å². The summed E-state index contributed by atoms with van der Waals surface area (Å²) in [6.45, 7) is 6.37. The van der Waals surface area contributed by atoms with Crippen molar-refractivity contribution >= 4 is 12.0 Å². The Morgan fingerprint density at radius 3 is 2.55 bits per heavy atom. The zero-order chi connectivity index (χ0) is 20.9. The summed E-state index contributed by atoms with van der Waals surface area (Å²) in [6, 6.07) is 8.16. The number of fused-ring (bicyclic) bond motifs is 1. The Bertz CT molecular complexity index is 727. The van der Waals surface area contributed by atoms with Crippen molar-refractivity contribution in [2.75, 3.05) is 6.61 Å². The number of allylic oxidation sites excluding steroid dienone is 2. The van der Waals surface area contributed by atoms with Gasteiger partial charge in [-0.05, 0) is 50.0 Å². The summed E-state index contributed by atoms with van der Waals surface area (Å²) in [4.78, 5) is 11.6. The molecule has 3 heteroatoms. The van der Waals surface area contributed by atoms with Crippen LogP contribution in [0.1, 0.15) is 77.7 Å². The Balaban J connectivity index is 1.99. The zero-order valence-electron chi connectivity index (χ0n) is 18.3. The Morgan fingerprint density at radius 2 is 1.79 bits per heavy atom. The van der Waals surface area contributed by atoms with Gasteiger partial charge in [0.2, 0.25) is 0 Å². The van der Waals surface area contributed by atoms with E-state index in [0.29, 0.717) is 6.61 Å². The van der Waals surface area contributed by atoms with Gasteiger partial charge >= 0.3 is 5.97 Å². The molecule has 0 fully saturated rings. The van der Waals surface area contributed by atoms with Gasteiger partial charge in [-0.15, -0.1) is 0 Å². The first-order valence-electron chi connectivity index (χ1n) is 11.1. The van der Waals surface area contributed by atoms with Crippen LogP contribution >= 0.6 is 0 Å². The van der Waals surface area contributed by atoms with E-state index in [1.165, 1.54) is 51.0 Å². The molecule has 1 heterocycles. The summed E-state index contributed by atoms with van der Waals surface area (Å²) < 4.78 is 11.3. The van der Waals surface area contributed by atoms with Gasteiger partial charge in [0.1, 0.15) is 11.9 Å². The van der Waals surface area contributed by atoms with Crippen LogP contribution in [-0.2, 0) is 9.53 Å². The van der Waals surface area contributed by atoms with Gasteiger partial charge in [0.25, 0.3) is 0 Å². The number of benzene rings is 1. The van der Waals surface area contributed by atoms with Crippen molar-refractivity contribution in [1.29, 1.82) is 0 Å². The standard InChI is InChI=1S/C26H36O3/c1-4-6-7-8-9-10-11-15-25-23(18-17-21(3)19-26(27)28-5-2)20-22-14-12-13-16-24(22)29-25/h12-14,16-20,25H,4-11,15H2,1-3H3/b18-17+,21-19+. The zero-order valence-corrected chi connectivity index (χ0v) is 18.3. The third-order valence-electron chi connectivity index (χ3n) is 5.12. The molecule has 1 unspecified atom stereocenters. The van der Waals surface area contributed by atoms with Crippen molar-refractivity contribution in [2.24, 2.45) is 0 Å². The molecule has 2 rings (SSSR count). The van der Waals surface area contributed by atoms with E-state index >= 15 is 0 Å². The van der Waals surface area contributed by atoms with Crippen molar-refractivity contribution in [1.82, 2.24) is 0 Å². The molecule has 158 valence electrons. The Morgan fingerprint density at radius 1 is 1.07 bits per heavy atom. The van der Waals surface area contributed by atoms with E-state index in [9.17, 15) is 4.79 Å². The van der Waals surface area contributed by atoms with Crippen LogP contribution in [0.15, 0.2) is 53.6 Å². The Kier molecular flexibility index (Phi) is 10.3. The maximum absolute atomic E-state index is 11.6. The maximum atomic E-state index is 11.6. The van der Waals surface area contributed by atoms with Crippen LogP contribution in [0, 0.1) is 0 Å². The molecular formula is C26H36O3. The van der Waals surface area contributed by atoms with Crippen LogP contribution < -0.4 is 4.74 Å². The summed E-state index contributed by atoms with van der Waals surface area (Å²) in [7, 11) is 0. The van der Waals surface area contributed by atoms with Crippen LogP contribution in [0.3, 0.4) is 0 Å². The summed E-state index contributed by atoms with van der Waals surface area (Å²) in [5.74, 6) is 0.657. The first-order chi connectivity index (χ1) is 14.1. The second kappa shape index (κ2) is 13.0. The SMILES string of the molecule is CCCCCCCCCC1Oc2ccccc2C=C1/C=C/C(C)=C/C(=O)OCC. The lowest BCUT2D eigenvalue weighted by atomic mass is 9.96. The summed E-state index contributed by atoms with van der Waals surface area (Å²) >= 11 is 0. The highest BCUT2D eigenvalue weighted by Crippen LogP contribution is 2.32. The van der Waals surface area contributed by atoms with Crippen molar-refractivity contribution in [3.63, 3.8) is 0 Å². The smallest absolute Gasteiger partial charge is 0.330 e. The number of rotatable bonds is 12. The minimum absolute atomic E-state index is 0.0622. The van der Waals surface area contributed by atoms with Gasteiger partial charge in [-0.2, -0.15) is 0 Å². The molecule has 1 aliphatic rings. The molecule has 1 atom stereocenters. The van der Waals surface area contributed by atoms with E-state index in [1.807, 2.05) is 38.1 Å². The molecule has 0 aromatic heterocycles. The van der Waals surface area contributed by atoms with Crippen molar-refractivity contribution in [3.05, 3.63) is 59.2 Å². The second-order valence-electron chi connectivity index (χ2n) is 7.67. The van der Waals surface area contributed by atoms with E-state index in [2.05, 4.69) is 25.1 Å². The van der Waals surface area contributed by atoms with Crippen molar-refractivity contribution in [3.8, 4) is 5.75 Å². The highest BCUT2D eigenvalue weighted by Gasteiger charge is 2.20. The van der Waals surface area contributed by atoms with Crippen LogP contribution in [-0.4, -0.2) is 18.7 Å². The van der Waals surface area contributed by atoms with Crippen LogP contribution in [0.4, 0.5) is 0 Å². The molecule has 3 nitrogen and oxygen atoms in total. The fourth-order valence-corrected chi connectivity index (χ4v) is 3.51. The van der Waals surface area contributed by atoms with Gasteiger partial charge in [-0.25, -0.2) is 4.79 Å². The number of hydrogen-bond donors (Lipinski definition) is 0. The van der Waals surface area contributed by atoms with E-state index in [-0.39, 0.29) is 12.1 Å². The molecule has 0 aliphatic carbocycles. The number of para-hydroxylation sites is 1. The normalized spacial score (nSPS) is 16.3. The molecule has 0 radical (unpaired) electrons. The Labute approximate surface area is 176 Å². The molecule has 0 bridgehead atoms. The quantitative estimate of drug-likeness (QED) is 0.164. The lowest BCUT2D eigenvalue weighted by molar-refractivity contribution is -0.137.